The van der Waals surface area contributed by atoms with Gasteiger partial charge >= 0.3 is 5.97 Å². The van der Waals surface area contributed by atoms with Gasteiger partial charge in [0.1, 0.15) is 12.0 Å². The Morgan fingerprint density at radius 1 is 1.69 bits per heavy atom. The first-order valence-corrected chi connectivity index (χ1v) is 6.56. The van der Waals surface area contributed by atoms with Crippen LogP contribution in [0.5, 0.6) is 0 Å². The van der Waals surface area contributed by atoms with Gasteiger partial charge in [-0.3, -0.25) is 4.21 Å². The molecule has 1 heterocycles. The lowest BCUT2D eigenvalue weighted by Gasteiger charge is -2.10. The van der Waals surface area contributed by atoms with Crippen molar-refractivity contribution in [2.75, 3.05) is 12.0 Å². The molecule has 0 aliphatic heterocycles. The van der Waals surface area contributed by atoms with Gasteiger partial charge in [-0.25, -0.2) is 4.79 Å². The molecule has 16 heavy (non-hydrogen) atoms. The summed E-state index contributed by atoms with van der Waals surface area (Å²) in [6, 6.07) is 1.58. The zero-order chi connectivity index (χ0) is 12.1. The van der Waals surface area contributed by atoms with Crippen LogP contribution in [-0.4, -0.2) is 33.3 Å². The molecule has 0 aromatic carbocycles. The van der Waals surface area contributed by atoms with E-state index in [2.05, 4.69) is 5.32 Å². The molecule has 1 rings (SSSR count). The van der Waals surface area contributed by atoms with Crippen molar-refractivity contribution in [1.82, 2.24) is 5.32 Å². The molecule has 0 saturated heterocycles. The van der Waals surface area contributed by atoms with Crippen molar-refractivity contribution in [1.29, 1.82) is 0 Å². The number of carboxylic acids is 1. The van der Waals surface area contributed by atoms with Crippen molar-refractivity contribution in [2.24, 2.45) is 0 Å². The second-order valence-electron chi connectivity index (χ2n) is 3.63. The van der Waals surface area contributed by atoms with E-state index in [4.69, 9.17) is 9.52 Å². The Morgan fingerprint density at radius 2 is 2.38 bits per heavy atom. The van der Waals surface area contributed by atoms with Crippen molar-refractivity contribution in [3.05, 3.63) is 23.7 Å². The second-order valence-corrected chi connectivity index (χ2v) is 5.11. The smallest absolute Gasteiger partial charge is 0.338 e. The van der Waals surface area contributed by atoms with E-state index < -0.39 is 16.8 Å². The average molecular weight is 245 g/mol. The predicted molar refractivity (Wildman–Crippen MR) is 60.9 cm³/mol. The fourth-order valence-electron chi connectivity index (χ4n) is 1.27. The zero-order valence-electron chi connectivity index (χ0n) is 9.23. The van der Waals surface area contributed by atoms with E-state index in [1.807, 2.05) is 6.92 Å². The Balaban J connectivity index is 2.42. The molecule has 0 aliphatic rings. The van der Waals surface area contributed by atoms with E-state index in [-0.39, 0.29) is 11.6 Å². The maximum absolute atomic E-state index is 10.9. The summed E-state index contributed by atoms with van der Waals surface area (Å²) in [6.07, 6.45) is 2.86. The van der Waals surface area contributed by atoms with E-state index in [0.717, 1.165) is 0 Å². The molecule has 0 bridgehead atoms. The minimum atomic E-state index is -1.00. The quantitative estimate of drug-likeness (QED) is 0.776. The fraction of sp³-hybridized carbons (Fsp3) is 0.500. The van der Waals surface area contributed by atoms with Gasteiger partial charge < -0.3 is 14.8 Å². The lowest BCUT2D eigenvalue weighted by atomic mass is 10.3. The number of furan rings is 1. The molecule has 2 unspecified atom stereocenters. The Bertz CT molecular complexity index is 388. The molecule has 2 N–H and O–H groups in total. The minimum absolute atomic E-state index is 0.101. The highest BCUT2D eigenvalue weighted by atomic mass is 32.2. The first kappa shape index (κ1) is 12.9. The zero-order valence-corrected chi connectivity index (χ0v) is 10.0. The van der Waals surface area contributed by atoms with Crippen molar-refractivity contribution in [3.63, 3.8) is 0 Å². The van der Waals surface area contributed by atoms with Crippen LogP contribution in [0.1, 0.15) is 23.0 Å². The van der Waals surface area contributed by atoms with Crippen LogP contribution < -0.4 is 5.32 Å². The number of aromatic carboxylic acids is 1. The molecule has 0 spiro atoms. The Morgan fingerprint density at radius 3 is 2.88 bits per heavy atom. The highest BCUT2D eigenvalue weighted by molar-refractivity contribution is 7.84. The van der Waals surface area contributed by atoms with Crippen LogP contribution in [0.2, 0.25) is 0 Å². The summed E-state index contributed by atoms with van der Waals surface area (Å²) >= 11 is 0. The molecule has 0 amide bonds. The minimum Gasteiger partial charge on any atom is -0.478 e. The van der Waals surface area contributed by atoms with Crippen LogP contribution in [0.15, 0.2) is 16.7 Å². The lowest BCUT2D eigenvalue weighted by molar-refractivity contribution is 0.0696. The van der Waals surface area contributed by atoms with Crippen molar-refractivity contribution in [2.45, 2.75) is 19.5 Å². The van der Waals surface area contributed by atoms with E-state index in [0.29, 0.717) is 18.1 Å². The molecular weight excluding hydrogens is 230 g/mol. The van der Waals surface area contributed by atoms with Crippen LogP contribution in [0.4, 0.5) is 0 Å². The summed E-state index contributed by atoms with van der Waals surface area (Å²) in [5.74, 6) is 0.121. The summed E-state index contributed by atoms with van der Waals surface area (Å²) in [4.78, 5) is 10.6. The molecule has 5 nitrogen and oxygen atoms in total. The third-order valence-electron chi connectivity index (χ3n) is 2.01. The molecular formula is C10H15NO4S. The van der Waals surface area contributed by atoms with Gasteiger partial charge in [-0.05, 0) is 13.0 Å². The van der Waals surface area contributed by atoms with Gasteiger partial charge in [0.2, 0.25) is 0 Å². The van der Waals surface area contributed by atoms with Gasteiger partial charge in [-0.1, -0.05) is 0 Å². The normalized spacial score (nSPS) is 14.6. The van der Waals surface area contributed by atoms with E-state index in [1.165, 1.54) is 12.3 Å². The number of rotatable bonds is 6. The highest BCUT2D eigenvalue weighted by Crippen LogP contribution is 2.07. The Hall–Kier alpha value is -1.14. The van der Waals surface area contributed by atoms with E-state index in [9.17, 15) is 9.00 Å². The molecule has 2 atom stereocenters. The third-order valence-corrected chi connectivity index (χ3v) is 2.98. The summed E-state index contributed by atoms with van der Waals surface area (Å²) in [6.45, 7) is 2.36. The average Bonchev–Trinajstić information content (AvgIpc) is 2.61. The van der Waals surface area contributed by atoms with Gasteiger partial charge in [0.25, 0.3) is 0 Å². The predicted octanol–water partition coefficient (Wildman–Crippen LogP) is 0.834. The molecule has 0 fully saturated rings. The van der Waals surface area contributed by atoms with Crippen LogP contribution >= 0.6 is 0 Å². The molecule has 6 heteroatoms. The van der Waals surface area contributed by atoms with Crippen LogP contribution in [0.3, 0.4) is 0 Å². The van der Waals surface area contributed by atoms with Crippen molar-refractivity contribution >= 4 is 16.8 Å². The summed E-state index contributed by atoms with van der Waals surface area (Å²) in [5, 5.41) is 11.8. The van der Waals surface area contributed by atoms with Gasteiger partial charge in [0, 0.05) is 28.9 Å². The van der Waals surface area contributed by atoms with Gasteiger partial charge in [0.15, 0.2) is 0 Å². The summed E-state index contributed by atoms with van der Waals surface area (Å²) in [7, 11) is -0.843. The maximum atomic E-state index is 10.9. The van der Waals surface area contributed by atoms with Crippen LogP contribution in [0, 0.1) is 0 Å². The summed E-state index contributed by atoms with van der Waals surface area (Å²) in [5.41, 5.74) is 0.142. The molecule has 0 radical (unpaired) electrons. The first-order chi connectivity index (χ1) is 7.49. The number of nitrogens with one attached hydrogen (secondary N) is 1. The topological polar surface area (TPSA) is 79.5 Å². The van der Waals surface area contributed by atoms with E-state index >= 15 is 0 Å². The first-order valence-electron chi connectivity index (χ1n) is 4.83. The monoisotopic (exact) mass is 245 g/mol. The van der Waals surface area contributed by atoms with Crippen LogP contribution in [-0.2, 0) is 17.3 Å². The summed E-state index contributed by atoms with van der Waals surface area (Å²) < 4.78 is 16.0. The molecule has 1 aromatic heterocycles. The van der Waals surface area contributed by atoms with Crippen molar-refractivity contribution < 1.29 is 18.5 Å². The van der Waals surface area contributed by atoms with Crippen molar-refractivity contribution in [3.8, 4) is 0 Å². The Kier molecular flexibility index (Phi) is 4.70. The second kappa shape index (κ2) is 5.81. The van der Waals surface area contributed by atoms with E-state index in [1.54, 1.807) is 6.26 Å². The molecule has 1 aromatic rings. The van der Waals surface area contributed by atoms with Gasteiger partial charge in [-0.15, -0.1) is 0 Å². The highest BCUT2D eigenvalue weighted by Gasteiger charge is 2.09. The van der Waals surface area contributed by atoms with Gasteiger partial charge in [-0.2, -0.15) is 0 Å². The molecule has 0 saturated carbocycles. The molecule has 0 aliphatic carbocycles. The lowest BCUT2D eigenvalue weighted by Crippen LogP contribution is -2.30. The van der Waals surface area contributed by atoms with Crippen LogP contribution in [0.25, 0.3) is 0 Å². The Labute approximate surface area is 96.3 Å². The number of carboxylic acid groups (broad SMARTS) is 1. The van der Waals surface area contributed by atoms with Gasteiger partial charge in [0.05, 0.1) is 12.1 Å². The SMILES string of the molecule is CC(CS(C)=O)NCc1cc(C(=O)O)co1. The standard InChI is InChI=1S/C10H15NO4S/c1-7(6-16(2)14)11-4-9-3-8(5-15-9)10(12)13/h3,5,7,11H,4,6H2,1-2H3,(H,12,13). The largest absolute Gasteiger partial charge is 0.478 e. The fourth-order valence-corrected chi connectivity index (χ4v) is 2.09. The number of hydrogen-bond donors (Lipinski definition) is 2. The number of hydrogen-bond acceptors (Lipinski definition) is 4. The third kappa shape index (κ3) is 4.16. The molecule has 90 valence electrons. The number of carbonyl (C=O) groups is 1. The maximum Gasteiger partial charge on any atom is 0.338 e.